The Morgan fingerprint density at radius 2 is 1.90 bits per heavy atom. The van der Waals surface area contributed by atoms with Crippen molar-refractivity contribution in [1.29, 1.82) is 0 Å². The van der Waals surface area contributed by atoms with Crippen LogP contribution in [0.15, 0.2) is 18.2 Å². The van der Waals surface area contributed by atoms with Crippen LogP contribution in [-0.4, -0.2) is 13.2 Å². The molecule has 0 radical (unpaired) electrons. The molecule has 0 spiro atoms. The second kappa shape index (κ2) is 6.17. The fourth-order valence-electron chi connectivity index (χ4n) is 3.27. The van der Waals surface area contributed by atoms with Crippen LogP contribution in [0.5, 0.6) is 5.75 Å². The lowest BCUT2D eigenvalue weighted by Crippen LogP contribution is -2.28. The maximum atomic E-state index is 5.80. The SMILES string of the molecule is CCNC(c1ccc2c(c1)C(C)(C)CO2)C(CC)CC. The molecule has 20 heavy (non-hydrogen) atoms. The molecule has 1 aromatic carbocycles. The Morgan fingerprint density at radius 3 is 2.50 bits per heavy atom. The third-order valence-corrected chi connectivity index (χ3v) is 4.62. The van der Waals surface area contributed by atoms with Crippen LogP contribution in [0.3, 0.4) is 0 Å². The normalized spacial score (nSPS) is 17.9. The third-order valence-electron chi connectivity index (χ3n) is 4.62. The van der Waals surface area contributed by atoms with Crippen LogP contribution in [0.1, 0.15) is 64.6 Å². The summed E-state index contributed by atoms with van der Waals surface area (Å²) < 4.78 is 5.80. The minimum Gasteiger partial charge on any atom is -0.492 e. The van der Waals surface area contributed by atoms with Crippen molar-refractivity contribution in [2.45, 2.75) is 58.9 Å². The summed E-state index contributed by atoms with van der Waals surface area (Å²) in [5.41, 5.74) is 2.91. The highest BCUT2D eigenvalue weighted by molar-refractivity contribution is 5.46. The predicted octanol–water partition coefficient (Wildman–Crippen LogP) is 4.44. The fourth-order valence-corrected chi connectivity index (χ4v) is 3.27. The number of nitrogens with one attached hydrogen (secondary N) is 1. The van der Waals surface area contributed by atoms with Crippen LogP contribution in [-0.2, 0) is 5.41 Å². The Labute approximate surface area is 123 Å². The van der Waals surface area contributed by atoms with Crippen LogP contribution >= 0.6 is 0 Å². The molecule has 0 aliphatic carbocycles. The number of hydrogen-bond donors (Lipinski definition) is 1. The molecule has 2 nitrogen and oxygen atoms in total. The average molecular weight is 275 g/mol. The van der Waals surface area contributed by atoms with Crippen LogP contribution in [0.4, 0.5) is 0 Å². The van der Waals surface area contributed by atoms with Gasteiger partial charge in [-0.3, -0.25) is 0 Å². The molecular formula is C18H29NO. The topological polar surface area (TPSA) is 21.3 Å². The van der Waals surface area contributed by atoms with Gasteiger partial charge in [0, 0.05) is 17.0 Å². The van der Waals surface area contributed by atoms with E-state index in [0.29, 0.717) is 12.0 Å². The Hall–Kier alpha value is -1.02. The number of fused-ring (bicyclic) bond motifs is 1. The molecule has 1 N–H and O–H groups in total. The summed E-state index contributed by atoms with van der Waals surface area (Å²) in [7, 11) is 0. The van der Waals surface area contributed by atoms with Gasteiger partial charge in [-0.15, -0.1) is 0 Å². The van der Waals surface area contributed by atoms with Crippen molar-refractivity contribution in [3.8, 4) is 5.75 Å². The van der Waals surface area contributed by atoms with Gasteiger partial charge < -0.3 is 10.1 Å². The maximum absolute atomic E-state index is 5.80. The molecule has 1 aliphatic rings. The quantitative estimate of drug-likeness (QED) is 0.828. The number of benzene rings is 1. The molecule has 0 amide bonds. The van der Waals surface area contributed by atoms with Crippen molar-refractivity contribution in [3.05, 3.63) is 29.3 Å². The highest BCUT2D eigenvalue weighted by atomic mass is 16.5. The van der Waals surface area contributed by atoms with E-state index in [9.17, 15) is 0 Å². The molecule has 0 aromatic heterocycles. The maximum Gasteiger partial charge on any atom is 0.123 e. The molecule has 2 heteroatoms. The second-order valence-electron chi connectivity index (χ2n) is 6.54. The van der Waals surface area contributed by atoms with E-state index >= 15 is 0 Å². The van der Waals surface area contributed by atoms with Gasteiger partial charge >= 0.3 is 0 Å². The van der Waals surface area contributed by atoms with Gasteiger partial charge in [0.15, 0.2) is 0 Å². The Bertz CT molecular complexity index is 449. The highest BCUT2D eigenvalue weighted by Gasteiger charge is 2.32. The van der Waals surface area contributed by atoms with E-state index < -0.39 is 0 Å². The van der Waals surface area contributed by atoms with Gasteiger partial charge in [0.05, 0.1) is 6.61 Å². The lowest BCUT2D eigenvalue weighted by Gasteiger charge is -2.27. The van der Waals surface area contributed by atoms with E-state index in [0.717, 1.165) is 18.9 Å². The molecule has 0 fully saturated rings. The number of hydrogen-bond acceptors (Lipinski definition) is 2. The van der Waals surface area contributed by atoms with Gasteiger partial charge in [-0.05, 0) is 30.2 Å². The zero-order valence-electron chi connectivity index (χ0n) is 13.6. The number of rotatable bonds is 6. The highest BCUT2D eigenvalue weighted by Crippen LogP contribution is 2.40. The van der Waals surface area contributed by atoms with E-state index in [1.54, 1.807) is 0 Å². The van der Waals surface area contributed by atoms with Gasteiger partial charge in [0.25, 0.3) is 0 Å². The summed E-state index contributed by atoms with van der Waals surface area (Å²) in [4.78, 5) is 0. The molecule has 1 aliphatic heterocycles. The molecule has 112 valence electrons. The first-order valence-electron chi connectivity index (χ1n) is 8.04. The Kier molecular flexibility index (Phi) is 4.74. The van der Waals surface area contributed by atoms with Crippen LogP contribution in [0.2, 0.25) is 0 Å². The van der Waals surface area contributed by atoms with E-state index in [-0.39, 0.29) is 5.41 Å². The summed E-state index contributed by atoms with van der Waals surface area (Å²) >= 11 is 0. The van der Waals surface area contributed by atoms with Crippen LogP contribution in [0, 0.1) is 5.92 Å². The van der Waals surface area contributed by atoms with Crippen LogP contribution in [0.25, 0.3) is 0 Å². The van der Waals surface area contributed by atoms with E-state index in [4.69, 9.17) is 4.74 Å². The zero-order valence-corrected chi connectivity index (χ0v) is 13.6. The van der Waals surface area contributed by atoms with Crippen molar-refractivity contribution in [2.24, 2.45) is 5.92 Å². The van der Waals surface area contributed by atoms with Crippen LogP contribution < -0.4 is 10.1 Å². The Balaban J connectivity index is 2.35. The predicted molar refractivity (Wildman–Crippen MR) is 85.5 cm³/mol. The van der Waals surface area contributed by atoms with Crippen molar-refractivity contribution in [2.75, 3.05) is 13.2 Å². The monoisotopic (exact) mass is 275 g/mol. The fraction of sp³-hybridized carbons (Fsp3) is 0.667. The van der Waals surface area contributed by atoms with Gasteiger partial charge in [-0.2, -0.15) is 0 Å². The Morgan fingerprint density at radius 1 is 1.20 bits per heavy atom. The summed E-state index contributed by atoms with van der Waals surface area (Å²) in [6, 6.07) is 7.23. The summed E-state index contributed by atoms with van der Waals surface area (Å²) in [6.45, 7) is 13.1. The molecule has 0 bridgehead atoms. The second-order valence-corrected chi connectivity index (χ2v) is 6.54. The zero-order chi connectivity index (χ0) is 14.8. The summed E-state index contributed by atoms with van der Waals surface area (Å²) in [6.07, 6.45) is 2.43. The molecule has 0 saturated carbocycles. The lowest BCUT2D eigenvalue weighted by atomic mass is 9.83. The molecule has 1 unspecified atom stereocenters. The minimum atomic E-state index is 0.135. The average Bonchev–Trinajstić information content (AvgIpc) is 2.74. The molecule has 0 saturated heterocycles. The van der Waals surface area contributed by atoms with Crippen molar-refractivity contribution in [3.63, 3.8) is 0 Å². The largest absolute Gasteiger partial charge is 0.492 e. The minimum absolute atomic E-state index is 0.135. The third kappa shape index (κ3) is 2.85. The van der Waals surface area contributed by atoms with E-state index in [1.807, 2.05) is 0 Å². The summed E-state index contributed by atoms with van der Waals surface area (Å²) in [5, 5.41) is 3.68. The lowest BCUT2D eigenvalue weighted by molar-refractivity contribution is 0.291. The molecule has 1 heterocycles. The first-order chi connectivity index (χ1) is 9.53. The van der Waals surface area contributed by atoms with Gasteiger partial charge in [0.1, 0.15) is 5.75 Å². The first-order valence-corrected chi connectivity index (χ1v) is 8.04. The number of ether oxygens (including phenoxy) is 1. The molecular weight excluding hydrogens is 246 g/mol. The van der Waals surface area contributed by atoms with Crippen molar-refractivity contribution in [1.82, 2.24) is 5.32 Å². The smallest absolute Gasteiger partial charge is 0.123 e. The van der Waals surface area contributed by atoms with E-state index in [2.05, 4.69) is 58.1 Å². The van der Waals surface area contributed by atoms with Crippen molar-refractivity contribution < 1.29 is 4.74 Å². The first kappa shape index (κ1) is 15.4. The standard InChI is InChI=1S/C18H29NO/c1-6-13(7-2)17(19-8-3)14-9-10-16-15(11-14)18(4,5)12-20-16/h9-11,13,17,19H,6-8,12H2,1-5H3. The van der Waals surface area contributed by atoms with Crippen molar-refractivity contribution >= 4 is 0 Å². The van der Waals surface area contributed by atoms with Gasteiger partial charge in [0.2, 0.25) is 0 Å². The van der Waals surface area contributed by atoms with Gasteiger partial charge in [-0.25, -0.2) is 0 Å². The molecule has 2 rings (SSSR count). The molecule has 1 aromatic rings. The molecule has 1 atom stereocenters. The van der Waals surface area contributed by atoms with Gasteiger partial charge in [-0.1, -0.05) is 53.5 Å². The van der Waals surface area contributed by atoms with E-state index in [1.165, 1.54) is 24.0 Å². The summed E-state index contributed by atoms with van der Waals surface area (Å²) in [5.74, 6) is 1.76.